The lowest BCUT2D eigenvalue weighted by Crippen LogP contribution is -2.07. The summed E-state index contributed by atoms with van der Waals surface area (Å²) >= 11 is 0. The maximum atomic E-state index is 2.45. The number of hydrogen-bond acceptors (Lipinski definition) is 0. The monoisotopic (exact) mass is 144 g/mol. The second-order valence-electron chi connectivity index (χ2n) is 2.31. The van der Waals surface area contributed by atoms with Crippen LogP contribution in [0.1, 0.15) is 13.8 Å². The predicted molar refractivity (Wildman–Crippen MR) is 44.2 cm³/mol. The van der Waals surface area contributed by atoms with Crippen LogP contribution in [0.15, 0.2) is 0 Å². The molecule has 0 amide bonds. The van der Waals surface area contributed by atoms with E-state index in [0.29, 0.717) is 0 Å². The maximum Gasteiger partial charge on any atom is -0.0132 e. The molecule has 0 fully saturated rings. The Morgan fingerprint density at radius 3 is 1.38 bits per heavy atom. The van der Waals surface area contributed by atoms with E-state index >= 15 is 0 Å². The minimum atomic E-state index is 0.127. The molecule has 0 atom stereocenters. The molecule has 0 nitrogen and oxygen atoms in total. The van der Waals surface area contributed by atoms with Crippen LogP contribution in [0.4, 0.5) is 0 Å². The Morgan fingerprint density at radius 2 is 1.38 bits per heavy atom. The van der Waals surface area contributed by atoms with Crippen molar-refractivity contribution in [1.82, 2.24) is 0 Å². The van der Waals surface area contributed by atoms with Gasteiger partial charge in [0, 0.05) is 0 Å². The molecule has 0 aliphatic rings. The summed E-state index contributed by atoms with van der Waals surface area (Å²) < 4.78 is 0. The molecule has 2 heteroatoms. The number of hydrogen-bond donors (Lipinski definition) is 0. The molecule has 0 N–H and O–H groups in total. The lowest BCUT2D eigenvalue weighted by molar-refractivity contribution is 1.35. The topological polar surface area (TPSA) is 0 Å². The van der Waals surface area contributed by atoms with E-state index in [2.05, 4.69) is 26.9 Å². The Labute approximate surface area is 55.5 Å². The average molecular weight is 144 g/mol. The quantitative estimate of drug-likeness (QED) is 0.522. The van der Waals surface area contributed by atoms with Crippen molar-refractivity contribution in [2.24, 2.45) is 0 Å². The Balaban J connectivity index is 3.86. The van der Waals surface area contributed by atoms with Gasteiger partial charge in [0.1, 0.15) is 0 Å². The first kappa shape index (κ1) is 8.43. The van der Waals surface area contributed by atoms with E-state index < -0.39 is 0 Å². The van der Waals surface area contributed by atoms with Crippen molar-refractivity contribution in [1.29, 1.82) is 0 Å². The van der Waals surface area contributed by atoms with E-state index in [0.717, 1.165) is 0 Å². The summed E-state index contributed by atoms with van der Waals surface area (Å²) in [7, 11) is 0.289. The van der Waals surface area contributed by atoms with Crippen LogP contribution < -0.4 is 0 Å². The third-order valence-electron chi connectivity index (χ3n) is 1.56. The van der Waals surface area contributed by atoms with E-state index in [9.17, 15) is 0 Å². The van der Waals surface area contributed by atoms with Crippen molar-refractivity contribution in [3.8, 4) is 0 Å². The van der Waals surface area contributed by atoms with Crippen LogP contribution in [0.25, 0.3) is 0 Å². The molecule has 0 radical (unpaired) electrons. The van der Waals surface area contributed by atoms with Gasteiger partial charge in [0.05, 0.1) is 0 Å². The summed E-state index contributed by atoms with van der Waals surface area (Å²) in [5, 5.41) is 0. The third kappa shape index (κ3) is 2.67. The minimum absolute atomic E-state index is 0.127. The van der Waals surface area contributed by atoms with Crippen molar-refractivity contribution in [3.05, 3.63) is 0 Å². The fourth-order valence-electron chi connectivity index (χ4n) is 0.957. The van der Waals surface area contributed by atoms with Gasteiger partial charge in [0.25, 0.3) is 0 Å². The van der Waals surface area contributed by atoms with Gasteiger partial charge in [-0.3, -0.25) is 0 Å². The molecule has 0 aromatic heterocycles. The Kier molecular flexibility index (Phi) is 4.56. The van der Waals surface area contributed by atoms with Gasteiger partial charge in [0.2, 0.25) is 0 Å². The summed E-state index contributed by atoms with van der Waals surface area (Å²) in [6.07, 6.45) is 0. The second kappa shape index (κ2) is 4.33. The lowest BCUT2D eigenvalue weighted by atomic mass is 11.0. The zero-order chi connectivity index (χ0) is 6.57. The Hall–Kier alpha value is 0.434. The van der Waals surface area contributed by atoms with Gasteiger partial charge >= 0.3 is 0 Å². The van der Waals surface area contributed by atoms with Crippen LogP contribution in [0, 0.1) is 0 Å². The van der Waals surface area contributed by atoms with Crippen LogP contribution in [0.5, 0.6) is 0 Å². The van der Waals surface area contributed by atoms with Crippen molar-refractivity contribution in [2.45, 2.75) is 39.0 Å². The molecule has 0 aromatic rings. The normalized spacial score (nSPS) is 9.00. The van der Waals surface area contributed by atoms with Gasteiger partial charge in [-0.15, -0.1) is 0 Å². The lowest BCUT2D eigenvalue weighted by Gasteiger charge is -1.98. The van der Waals surface area contributed by atoms with Gasteiger partial charge in [0.15, 0.2) is 0 Å². The molecule has 0 rings (SSSR count). The van der Waals surface area contributed by atoms with Crippen LogP contribution in [-0.2, 0) is 0 Å². The molecule has 0 saturated heterocycles. The van der Waals surface area contributed by atoms with Crippen LogP contribution in [-0.4, -0.2) is 15.8 Å². The fraction of sp³-hybridized carbons (Fsp3) is 1.00. The van der Waals surface area contributed by atoms with E-state index in [1.54, 1.807) is 0 Å². The van der Waals surface area contributed by atoms with E-state index in [1.165, 1.54) is 12.1 Å². The first-order chi connectivity index (χ1) is 3.72. The summed E-state index contributed by atoms with van der Waals surface area (Å²) in [5.74, 6) is 0. The predicted octanol–water partition coefficient (Wildman–Crippen LogP) is 2.35. The standard InChI is InChI=1S/C6H16Si2/c1-5-8(6-2)7(3)4/h5-6H2,1-4H3. The highest BCUT2D eigenvalue weighted by Crippen LogP contribution is 1.90. The highest BCUT2D eigenvalue weighted by molar-refractivity contribution is 6.95. The van der Waals surface area contributed by atoms with Crippen LogP contribution in [0.2, 0.25) is 25.2 Å². The largest absolute Gasteiger partial charge is 0.0652 e. The van der Waals surface area contributed by atoms with E-state index in [1.807, 2.05) is 0 Å². The van der Waals surface area contributed by atoms with Gasteiger partial charge in [-0.05, 0) is 15.8 Å². The summed E-state index contributed by atoms with van der Waals surface area (Å²) in [5.41, 5.74) is 0. The summed E-state index contributed by atoms with van der Waals surface area (Å²) in [4.78, 5) is 0. The van der Waals surface area contributed by atoms with E-state index in [4.69, 9.17) is 0 Å². The minimum Gasteiger partial charge on any atom is -0.0652 e. The summed E-state index contributed by atoms with van der Waals surface area (Å²) in [6, 6.07) is 2.98. The first-order valence-electron chi connectivity index (χ1n) is 3.37. The Morgan fingerprint density at radius 1 is 1.00 bits per heavy atom. The third-order valence-corrected chi connectivity index (χ3v) is 11.0. The molecule has 48 valence electrons. The van der Waals surface area contributed by atoms with Crippen molar-refractivity contribution >= 4 is 15.8 Å². The summed E-state index contributed by atoms with van der Waals surface area (Å²) in [6.45, 7) is 9.59. The molecule has 0 aliphatic heterocycles. The first-order valence-corrected chi connectivity index (χ1v) is 8.79. The number of rotatable bonds is 2. The average Bonchev–Trinajstić information content (AvgIpc) is 1.69. The molecular weight excluding hydrogens is 128 g/mol. The maximum absolute atomic E-state index is 2.45. The smallest absolute Gasteiger partial charge is 0.0132 e. The van der Waals surface area contributed by atoms with Crippen LogP contribution in [0.3, 0.4) is 0 Å². The SMILES string of the molecule is CC[Si](CC)=[Si](C)C. The molecule has 0 heterocycles. The van der Waals surface area contributed by atoms with Crippen molar-refractivity contribution in [3.63, 3.8) is 0 Å². The highest BCUT2D eigenvalue weighted by Gasteiger charge is 1.91. The fourth-order valence-corrected chi connectivity index (χ4v) is 7.11. The zero-order valence-corrected chi connectivity index (χ0v) is 8.41. The van der Waals surface area contributed by atoms with Crippen molar-refractivity contribution in [2.75, 3.05) is 0 Å². The molecule has 0 aliphatic carbocycles. The highest BCUT2D eigenvalue weighted by atomic mass is 28.9. The zero-order valence-electron chi connectivity index (χ0n) is 6.41. The van der Waals surface area contributed by atoms with Gasteiger partial charge in [-0.1, -0.05) is 39.0 Å². The molecular formula is C6H16Si2. The molecule has 0 spiro atoms. The molecule has 0 aromatic carbocycles. The molecule has 0 bridgehead atoms. The van der Waals surface area contributed by atoms with Gasteiger partial charge < -0.3 is 0 Å². The molecule has 0 saturated carbocycles. The second-order valence-corrected chi connectivity index (χ2v) is 12.1. The van der Waals surface area contributed by atoms with Crippen molar-refractivity contribution < 1.29 is 0 Å². The van der Waals surface area contributed by atoms with Gasteiger partial charge in [-0.2, -0.15) is 0 Å². The van der Waals surface area contributed by atoms with Crippen LogP contribution >= 0.6 is 0 Å². The van der Waals surface area contributed by atoms with E-state index in [-0.39, 0.29) is 15.8 Å². The molecule has 0 unspecified atom stereocenters. The molecule has 8 heavy (non-hydrogen) atoms. The Bertz CT molecular complexity index is 84.7. The van der Waals surface area contributed by atoms with Gasteiger partial charge in [-0.25, -0.2) is 0 Å².